The first-order valence-electron chi connectivity index (χ1n) is 7.51. The Morgan fingerprint density at radius 1 is 1.17 bits per heavy atom. The fourth-order valence-electron chi connectivity index (χ4n) is 2.63. The summed E-state index contributed by atoms with van der Waals surface area (Å²) in [6.07, 6.45) is 1.17. The Morgan fingerprint density at radius 3 is 2.61 bits per heavy atom. The Kier molecular flexibility index (Phi) is 4.33. The second-order valence-corrected chi connectivity index (χ2v) is 5.12. The van der Waals surface area contributed by atoms with Crippen LogP contribution in [0.5, 0.6) is 5.75 Å². The third-order valence-electron chi connectivity index (χ3n) is 3.71. The van der Waals surface area contributed by atoms with E-state index in [-0.39, 0.29) is 6.10 Å². The van der Waals surface area contributed by atoms with Gasteiger partial charge < -0.3 is 14.2 Å². The fraction of sp³-hybridized carbons (Fsp3) is 0.211. The minimum Gasteiger partial charge on any atom is -0.497 e. The molecule has 118 valence electrons. The lowest BCUT2D eigenvalue weighted by Gasteiger charge is -2.13. The van der Waals surface area contributed by atoms with Crippen LogP contribution in [-0.2, 0) is 14.3 Å². The number of hydrogen-bond donors (Lipinski definition) is 0. The number of carbonyl (C=O) groups excluding carboxylic acids is 1. The molecule has 0 aliphatic carbocycles. The number of esters is 1. The van der Waals surface area contributed by atoms with Crippen molar-refractivity contribution in [1.29, 1.82) is 0 Å². The average molecular weight is 310 g/mol. The zero-order chi connectivity index (χ0) is 16.2. The van der Waals surface area contributed by atoms with Crippen LogP contribution in [0.15, 0.2) is 54.6 Å². The van der Waals surface area contributed by atoms with Crippen molar-refractivity contribution in [3.8, 4) is 5.75 Å². The Morgan fingerprint density at radius 2 is 1.91 bits per heavy atom. The molecule has 0 bridgehead atoms. The zero-order valence-electron chi connectivity index (χ0n) is 13.1. The molecule has 0 amide bonds. The standard InChI is InChI=1S/C19H18O4/c1-3-22-18(20)12-17-15-6-4-5-7-16(15)19(23-17)13-8-10-14(21-2)11-9-13/h4-12,19H,3H2,1-2H3/b17-12-. The molecule has 23 heavy (non-hydrogen) atoms. The number of benzene rings is 2. The van der Waals surface area contributed by atoms with Crippen molar-refractivity contribution < 1.29 is 19.0 Å². The molecule has 1 aliphatic heterocycles. The first-order chi connectivity index (χ1) is 11.2. The predicted octanol–water partition coefficient (Wildman–Crippen LogP) is 3.72. The van der Waals surface area contributed by atoms with Gasteiger partial charge in [-0.3, -0.25) is 0 Å². The summed E-state index contributed by atoms with van der Waals surface area (Å²) >= 11 is 0. The third-order valence-corrected chi connectivity index (χ3v) is 3.71. The van der Waals surface area contributed by atoms with Gasteiger partial charge in [-0.15, -0.1) is 0 Å². The molecular formula is C19H18O4. The quantitative estimate of drug-likeness (QED) is 0.638. The van der Waals surface area contributed by atoms with E-state index in [1.165, 1.54) is 6.08 Å². The number of rotatable bonds is 4. The second-order valence-electron chi connectivity index (χ2n) is 5.12. The van der Waals surface area contributed by atoms with Gasteiger partial charge in [0.05, 0.1) is 19.8 Å². The van der Waals surface area contributed by atoms with Crippen molar-refractivity contribution >= 4 is 11.7 Å². The summed E-state index contributed by atoms with van der Waals surface area (Å²) in [6, 6.07) is 15.6. The summed E-state index contributed by atoms with van der Waals surface area (Å²) in [5.74, 6) is 0.940. The Bertz CT molecular complexity index is 731. The van der Waals surface area contributed by atoms with Crippen LogP contribution in [0.25, 0.3) is 5.76 Å². The molecular weight excluding hydrogens is 292 g/mol. The molecule has 0 N–H and O–H groups in total. The monoisotopic (exact) mass is 310 g/mol. The van der Waals surface area contributed by atoms with Crippen molar-refractivity contribution in [2.45, 2.75) is 13.0 Å². The van der Waals surface area contributed by atoms with Gasteiger partial charge in [-0.25, -0.2) is 4.79 Å². The van der Waals surface area contributed by atoms with E-state index in [1.807, 2.05) is 48.5 Å². The molecule has 4 heteroatoms. The van der Waals surface area contributed by atoms with Crippen LogP contribution in [0.3, 0.4) is 0 Å². The lowest BCUT2D eigenvalue weighted by Crippen LogP contribution is -2.01. The summed E-state index contributed by atoms with van der Waals surface area (Å²) in [6.45, 7) is 2.12. The molecule has 2 aromatic carbocycles. The van der Waals surface area contributed by atoms with Gasteiger partial charge in [0, 0.05) is 11.1 Å². The van der Waals surface area contributed by atoms with Gasteiger partial charge in [-0.2, -0.15) is 0 Å². The molecule has 1 unspecified atom stereocenters. The molecule has 0 saturated carbocycles. The first-order valence-corrected chi connectivity index (χ1v) is 7.51. The largest absolute Gasteiger partial charge is 0.497 e. The first kappa shape index (κ1) is 15.2. The van der Waals surface area contributed by atoms with Crippen molar-refractivity contribution in [1.82, 2.24) is 0 Å². The number of fused-ring (bicyclic) bond motifs is 1. The number of carbonyl (C=O) groups is 1. The maximum absolute atomic E-state index is 11.7. The summed E-state index contributed by atoms with van der Waals surface area (Å²) in [5.41, 5.74) is 2.96. The van der Waals surface area contributed by atoms with Gasteiger partial charge >= 0.3 is 5.97 Å². The Balaban J connectivity index is 1.96. The van der Waals surface area contributed by atoms with Crippen molar-refractivity contribution in [2.24, 2.45) is 0 Å². The molecule has 3 rings (SSSR count). The maximum atomic E-state index is 11.7. The second kappa shape index (κ2) is 6.57. The molecule has 0 radical (unpaired) electrons. The molecule has 0 saturated heterocycles. The molecule has 0 aromatic heterocycles. The number of methoxy groups -OCH3 is 1. The normalized spacial score (nSPS) is 17.5. The third kappa shape index (κ3) is 3.06. The van der Waals surface area contributed by atoms with E-state index in [9.17, 15) is 4.79 Å². The van der Waals surface area contributed by atoms with Crippen LogP contribution in [-0.4, -0.2) is 19.7 Å². The van der Waals surface area contributed by atoms with E-state index in [0.29, 0.717) is 12.4 Å². The molecule has 1 heterocycles. The van der Waals surface area contributed by atoms with Crippen molar-refractivity contribution in [3.05, 3.63) is 71.3 Å². The van der Waals surface area contributed by atoms with Crippen molar-refractivity contribution in [3.63, 3.8) is 0 Å². The van der Waals surface area contributed by atoms with E-state index in [1.54, 1.807) is 14.0 Å². The molecule has 4 nitrogen and oxygen atoms in total. The maximum Gasteiger partial charge on any atom is 0.334 e. The van der Waals surface area contributed by atoms with Gasteiger partial charge in [0.15, 0.2) is 0 Å². The SMILES string of the molecule is CCOC(=O)/C=C1\OC(c2ccc(OC)cc2)c2ccccc21. The lowest BCUT2D eigenvalue weighted by atomic mass is 9.99. The van der Waals surface area contributed by atoms with Crippen LogP contribution in [0.2, 0.25) is 0 Å². The van der Waals surface area contributed by atoms with Crippen LogP contribution in [0.1, 0.15) is 29.7 Å². The highest BCUT2D eigenvalue weighted by Gasteiger charge is 2.29. The summed E-state index contributed by atoms with van der Waals surface area (Å²) in [4.78, 5) is 11.7. The summed E-state index contributed by atoms with van der Waals surface area (Å²) in [7, 11) is 1.64. The number of ether oxygens (including phenoxy) is 3. The molecule has 1 aliphatic rings. The summed E-state index contributed by atoms with van der Waals surface area (Å²) in [5, 5.41) is 0. The van der Waals surface area contributed by atoms with E-state index < -0.39 is 5.97 Å². The summed E-state index contributed by atoms with van der Waals surface area (Å²) < 4.78 is 16.2. The van der Waals surface area contributed by atoms with E-state index in [4.69, 9.17) is 14.2 Å². The van der Waals surface area contributed by atoms with Gasteiger partial charge in [0.1, 0.15) is 17.6 Å². The minimum atomic E-state index is -0.396. The van der Waals surface area contributed by atoms with E-state index in [0.717, 1.165) is 22.4 Å². The topological polar surface area (TPSA) is 44.8 Å². The average Bonchev–Trinajstić information content (AvgIpc) is 2.94. The van der Waals surface area contributed by atoms with Crippen LogP contribution >= 0.6 is 0 Å². The van der Waals surface area contributed by atoms with Crippen LogP contribution in [0, 0.1) is 0 Å². The van der Waals surface area contributed by atoms with E-state index >= 15 is 0 Å². The molecule has 0 fully saturated rings. The highest BCUT2D eigenvalue weighted by molar-refractivity contribution is 5.91. The molecule has 0 spiro atoms. The van der Waals surface area contributed by atoms with Crippen LogP contribution < -0.4 is 4.74 Å². The van der Waals surface area contributed by atoms with Gasteiger partial charge in [0.25, 0.3) is 0 Å². The smallest absolute Gasteiger partial charge is 0.334 e. The highest BCUT2D eigenvalue weighted by atomic mass is 16.5. The van der Waals surface area contributed by atoms with Gasteiger partial charge in [-0.1, -0.05) is 36.4 Å². The van der Waals surface area contributed by atoms with E-state index in [2.05, 4.69) is 0 Å². The lowest BCUT2D eigenvalue weighted by molar-refractivity contribution is -0.137. The van der Waals surface area contributed by atoms with Crippen molar-refractivity contribution in [2.75, 3.05) is 13.7 Å². The zero-order valence-corrected chi connectivity index (χ0v) is 13.1. The Labute approximate surface area is 135 Å². The van der Waals surface area contributed by atoms with Gasteiger partial charge in [0.2, 0.25) is 0 Å². The fourth-order valence-corrected chi connectivity index (χ4v) is 2.63. The van der Waals surface area contributed by atoms with Gasteiger partial charge in [-0.05, 0) is 24.6 Å². The highest BCUT2D eigenvalue weighted by Crippen LogP contribution is 2.42. The number of hydrogen-bond acceptors (Lipinski definition) is 4. The minimum absolute atomic E-state index is 0.238. The molecule has 2 aromatic rings. The molecule has 1 atom stereocenters. The Hall–Kier alpha value is -2.75. The predicted molar refractivity (Wildman–Crippen MR) is 87.0 cm³/mol. The van der Waals surface area contributed by atoms with Crippen LogP contribution in [0.4, 0.5) is 0 Å².